The third-order valence-electron chi connectivity index (χ3n) is 3.82. The Morgan fingerprint density at radius 1 is 1.08 bits per heavy atom. The molecule has 132 valence electrons. The Morgan fingerprint density at radius 2 is 1.84 bits per heavy atom. The molecule has 0 fully saturated rings. The van der Waals surface area contributed by atoms with E-state index in [2.05, 4.69) is 10.6 Å². The minimum Gasteiger partial charge on any atom is -0.494 e. The molecule has 0 unspecified atom stereocenters. The van der Waals surface area contributed by atoms with Crippen molar-refractivity contribution in [3.8, 4) is 5.75 Å². The quantitative estimate of drug-likeness (QED) is 0.844. The molecule has 2 aromatic carbocycles. The van der Waals surface area contributed by atoms with Gasteiger partial charge < -0.3 is 15.4 Å². The first-order chi connectivity index (χ1) is 11.9. The van der Waals surface area contributed by atoms with Gasteiger partial charge >= 0.3 is 0 Å². The molecule has 0 aliphatic carbocycles. The molecule has 5 heteroatoms. The van der Waals surface area contributed by atoms with E-state index in [1.54, 1.807) is 24.3 Å². The van der Waals surface area contributed by atoms with Crippen molar-refractivity contribution < 1.29 is 14.3 Å². The van der Waals surface area contributed by atoms with Crippen LogP contribution in [0.25, 0.3) is 0 Å². The molecule has 0 atom stereocenters. The molecule has 25 heavy (non-hydrogen) atoms. The third kappa shape index (κ3) is 5.08. The van der Waals surface area contributed by atoms with E-state index < -0.39 is 0 Å². The molecule has 0 aromatic heterocycles. The van der Waals surface area contributed by atoms with Crippen molar-refractivity contribution in [2.45, 2.75) is 34.2 Å². The van der Waals surface area contributed by atoms with E-state index in [0.717, 1.165) is 22.4 Å². The Hall–Kier alpha value is -2.82. The van der Waals surface area contributed by atoms with E-state index >= 15 is 0 Å². The number of benzene rings is 2. The Kier molecular flexibility index (Phi) is 6.17. The highest BCUT2D eigenvalue weighted by molar-refractivity contribution is 5.96. The molecule has 0 saturated heterocycles. The lowest BCUT2D eigenvalue weighted by Gasteiger charge is -2.13. The van der Waals surface area contributed by atoms with Crippen LogP contribution in [0.5, 0.6) is 5.75 Å². The second-order valence-corrected chi connectivity index (χ2v) is 5.92. The van der Waals surface area contributed by atoms with E-state index in [1.807, 2.05) is 32.9 Å². The van der Waals surface area contributed by atoms with Gasteiger partial charge in [0.05, 0.1) is 6.61 Å². The van der Waals surface area contributed by atoms with E-state index in [1.165, 1.54) is 6.92 Å². The number of nitrogens with one attached hydrogen (secondary N) is 2. The van der Waals surface area contributed by atoms with Crippen LogP contribution < -0.4 is 15.4 Å². The number of anilines is 1. The Morgan fingerprint density at radius 3 is 2.52 bits per heavy atom. The van der Waals surface area contributed by atoms with E-state index in [4.69, 9.17) is 4.74 Å². The molecular formula is C20H24N2O3. The topological polar surface area (TPSA) is 67.4 Å². The van der Waals surface area contributed by atoms with E-state index in [0.29, 0.717) is 24.4 Å². The zero-order valence-electron chi connectivity index (χ0n) is 15.1. The second kappa shape index (κ2) is 8.33. The fourth-order valence-electron chi connectivity index (χ4n) is 2.57. The first kappa shape index (κ1) is 18.5. The summed E-state index contributed by atoms with van der Waals surface area (Å²) in [6.45, 7) is 8.44. The number of rotatable bonds is 6. The van der Waals surface area contributed by atoms with Gasteiger partial charge in [-0.05, 0) is 61.7 Å². The zero-order valence-corrected chi connectivity index (χ0v) is 15.1. The Labute approximate surface area is 148 Å². The monoisotopic (exact) mass is 340 g/mol. The van der Waals surface area contributed by atoms with Crippen LogP contribution >= 0.6 is 0 Å². The van der Waals surface area contributed by atoms with E-state index in [9.17, 15) is 9.59 Å². The van der Waals surface area contributed by atoms with Gasteiger partial charge in [-0.2, -0.15) is 0 Å². The summed E-state index contributed by atoms with van der Waals surface area (Å²) in [5.41, 5.74) is 4.28. The number of carbonyl (C=O) groups excluding carboxylic acids is 2. The molecular weight excluding hydrogens is 316 g/mol. The molecule has 0 radical (unpaired) electrons. The predicted octanol–water partition coefficient (Wildman–Crippen LogP) is 3.59. The molecule has 2 rings (SSSR count). The molecule has 0 saturated carbocycles. The minimum absolute atomic E-state index is 0.168. The smallest absolute Gasteiger partial charge is 0.251 e. The van der Waals surface area contributed by atoms with Crippen molar-refractivity contribution in [2.24, 2.45) is 0 Å². The SMILES string of the molecule is CCOc1cc(C)c(CNC(=O)c2cccc(NC(C)=O)c2)cc1C. The van der Waals surface area contributed by atoms with Crippen molar-refractivity contribution in [3.05, 3.63) is 58.7 Å². The van der Waals surface area contributed by atoms with Crippen LogP contribution in [0.15, 0.2) is 36.4 Å². The summed E-state index contributed by atoms with van der Waals surface area (Å²) < 4.78 is 5.59. The lowest BCUT2D eigenvalue weighted by atomic mass is 10.0. The summed E-state index contributed by atoms with van der Waals surface area (Å²) in [6, 6.07) is 10.9. The van der Waals surface area contributed by atoms with Gasteiger partial charge in [0.1, 0.15) is 5.75 Å². The molecule has 5 nitrogen and oxygen atoms in total. The summed E-state index contributed by atoms with van der Waals surface area (Å²) in [5.74, 6) is 0.522. The highest BCUT2D eigenvalue weighted by atomic mass is 16.5. The van der Waals surface area contributed by atoms with E-state index in [-0.39, 0.29) is 11.8 Å². The number of aryl methyl sites for hydroxylation is 2. The Balaban J connectivity index is 2.07. The maximum atomic E-state index is 12.4. The van der Waals surface area contributed by atoms with Crippen molar-refractivity contribution >= 4 is 17.5 Å². The van der Waals surface area contributed by atoms with Gasteiger partial charge in [0.2, 0.25) is 5.91 Å². The first-order valence-electron chi connectivity index (χ1n) is 8.29. The highest BCUT2D eigenvalue weighted by Gasteiger charge is 2.09. The fourth-order valence-corrected chi connectivity index (χ4v) is 2.57. The van der Waals surface area contributed by atoms with Crippen LogP contribution in [0.2, 0.25) is 0 Å². The number of amides is 2. The van der Waals surface area contributed by atoms with Gasteiger partial charge in [-0.1, -0.05) is 12.1 Å². The normalized spacial score (nSPS) is 10.2. The number of hydrogen-bond acceptors (Lipinski definition) is 3. The molecule has 0 spiro atoms. The van der Waals surface area contributed by atoms with Gasteiger partial charge in [0.25, 0.3) is 5.91 Å². The average Bonchev–Trinajstić information content (AvgIpc) is 2.56. The molecule has 2 amide bonds. The van der Waals surface area contributed by atoms with Crippen molar-refractivity contribution in [2.75, 3.05) is 11.9 Å². The van der Waals surface area contributed by atoms with Crippen molar-refractivity contribution in [3.63, 3.8) is 0 Å². The molecule has 2 N–H and O–H groups in total. The molecule has 0 aliphatic heterocycles. The summed E-state index contributed by atoms with van der Waals surface area (Å²) in [6.07, 6.45) is 0. The van der Waals surface area contributed by atoms with Gasteiger partial charge in [0, 0.05) is 24.7 Å². The lowest BCUT2D eigenvalue weighted by Crippen LogP contribution is -2.23. The molecule has 0 aliphatic rings. The van der Waals surface area contributed by atoms with Crippen molar-refractivity contribution in [1.82, 2.24) is 5.32 Å². The van der Waals surface area contributed by atoms with Gasteiger partial charge in [-0.15, -0.1) is 0 Å². The number of hydrogen-bond donors (Lipinski definition) is 2. The Bertz CT molecular complexity index is 785. The van der Waals surface area contributed by atoms with Crippen LogP contribution in [0.1, 0.15) is 40.9 Å². The summed E-state index contributed by atoms with van der Waals surface area (Å²) >= 11 is 0. The molecule has 0 bridgehead atoms. The summed E-state index contributed by atoms with van der Waals surface area (Å²) in [5, 5.41) is 5.60. The summed E-state index contributed by atoms with van der Waals surface area (Å²) in [7, 11) is 0. The van der Waals surface area contributed by atoms with Gasteiger partial charge in [-0.3, -0.25) is 9.59 Å². The minimum atomic E-state index is -0.182. The second-order valence-electron chi connectivity index (χ2n) is 5.92. The maximum absolute atomic E-state index is 12.4. The van der Waals surface area contributed by atoms with Crippen LogP contribution in [-0.2, 0) is 11.3 Å². The largest absolute Gasteiger partial charge is 0.494 e. The van der Waals surface area contributed by atoms with Crippen molar-refractivity contribution in [1.29, 1.82) is 0 Å². The zero-order chi connectivity index (χ0) is 18.4. The molecule has 2 aromatic rings. The number of carbonyl (C=O) groups is 2. The first-order valence-corrected chi connectivity index (χ1v) is 8.29. The predicted molar refractivity (Wildman–Crippen MR) is 99.0 cm³/mol. The highest BCUT2D eigenvalue weighted by Crippen LogP contribution is 2.23. The summed E-state index contributed by atoms with van der Waals surface area (Å²) in [4.78, 5) is 23.5. The van der Waals surface area contributed by atoms with Gasteiger partial charge in [-0.25, -0.2) is 0 Å². The van der Waals surface area contributed by atoms with Crippen LogP contribution in [0.3, 0.4) is 0 Å². The number of ether oxygens (including phenoxy) is 1. The average molecular weight is 340 g/mol. The fraction of sp³-hybridized carbons (Fsp3) is 0.300. The van der Waals surface area contributed by atoms with Crippen LogP contribution in [-0.4, -0.2) is 18.4 Å². The lowest BCUT2D eigenvalue weighted by molar-refractivity contribution is -0.114. The maximum Gasteiger partial charge on any atom is 0.251 e. The third-order valence-corrected chi connectivity index (χ3v) is 3.82. The van der Waals surface area contributed by atoms with Gasteiger partial charge in [0.15, 0.2) is 0 Å². The molecule has 0 heterocycles. The van der Waals surface area contributed by atoms with Crippen LogP contribution in [0, 0.1) is 13.8 Å². The van der Waals surface area contributed by atoms with Crippen LogP contribution in [0.4, 0.5) is 5.69 Å². The standard InChI is InChI=1S/C20H24N2O3/c1-5-25-19-10-13(2)17(9-14(19)3)12-21-20(24)16-7-6-8-18(11-16)22-15(4)23/h6-11H,5,12H2,1-4H3,(H,21,24)(H,22,23).